The number of rotatable bonds is 7. The Morgan fingerprint density at radius 2 is 2.16 bits per heavy atom. The summed E-state index contributed by atoms with van der Waals surface area (Å²) in [6, 6.07) is 5.55. The average Bonchev–Trinajstić information content (AvgIpc) is 3.13. The number of thioether (sulfide) groups is 1. The third-order valence-electron chi connectivity index (χ3n) is 5.33. The molecule has 0 unspecified atom stereocenters. The highest BCUT2D eigenvalue weighted by atomic mass is 35.5. The first-order valence-electron chi connectivity index (χ1n) is 10.2. The molecule has 1 aliphatic rings. The number of carbonyl (C=O) groups is 1. The van der Waals surface area contributed by atoms with Gasteiger partial charge in [0, 0.05) is 23.6 Å². The highest BCUT2D eigenvalue weighted by Crippen LogP contribution is 2.35. The molecule has 0 spiro atoms. The summed E-state index contributed by atoms with van der Waals surface area (Å²) in [5.74, 6) is 0.0298. The largest absolute Gasteiger partial charge is 0.383 e. The molecule has 2 heterocycles. The number of aromatic nitrogens is 2. The zero-order valence-corrected chi connectivity index (χ0v) is 19.9. The van der Waals surface area contributed by atoms with E-state index in [4.69, 9.17) is 21.3 Å². The van der Waals surface area contributed by atoms with Crippen molar-refractivity contribution in [2.24, 2.45) is 0 Å². The second-order valence-corrected chi connectivity index (χ2v) is 9.92. The van der Waals surface area contributed by atoms with E-state index in [2.05, 4.69) is 5.32 Å². The highest BCUT2D eigenvalue weighted by molar-refractivity contribution is 7.99. The van der Waals surface area contributed by atoms with Crippen molar-refractivity contribution in [1.82, 2.24) is 14.9 Å². The van der Waals surface area contributed by atoms with Crippen LogP contribution in [0.3, 0.4) is 0 Å². The van der Waals surface area contributed by atoms with Crippen molar-refractivity contribution in [3.63, 3.8) is 0 Å². The first-order valence-corrected chi connectivity index (χ1v) is 12.4. The molecule has 0 fully saturated rings. The molecule has 1 aromatic carbocycles. The molecule has 0 aliphatic heterocycles. The molecule has 3 aromatic rings. The first kappa shape index (κ1) is 22.3. The summed E-state index contributed by atoms with van der Waals surface area (Å²) >= 11 is 9.23. The van der Waals surface area contributed by atoms with Crippen molar-refractivity contribution in [1.29, 1.82) is 0 Å². The number of hydrogen-bond donors (Lipinski definition) is 1. The standard InChI is InChI=1S/C22H24ClN3O3S2/c1-13-7-8-14(11-16(13)23)26-21(28)19-15-5-3-4-6-17(15)31-20(19)25-22(26)30-12-18(27)24-9-10-29-2/h7-8,11H,3-6,9-10,12H2,1-2H3,(H,24,27). The van der Waals surface area contributed by atoms with Gasteiger partial charge in [0.2, 0.25) is 5.91 Å². The van der Waals surface area contributed by atoms with Crippen LogP contribution in [0.25, 0.3) is 15.9 Å². The van der Waals surface area contributed by atoms with Gasteiger partial charge < -0.3 is 10.1 Å². The Balaban J connectivity index is 1.78. The number of hydrogen-bond acceptors (Lipinski definition) is 6. The molecular formula is C22H24ClN3O3S2. The molecular weight excluding hydrogens is 454 g/mol. The summed E-state index contributed by atoms with van der Waals surface area (Å²) in [4.78, 5) is 32.8. The number of halogens is 1. The number of thiophene rings is 1. The van der Waals surface area contributed by atoms with Crippen molar-refractivity contribution < 1.29 is 9.53 Å². The van der Waals surface area contributed by atoms with Crippen molar-refractivity contribution in [2.75, 3.05) is 26.0 Å². The van der Waals surface area contributed by atoms with Crippen LogP contribution in [0.4, 0.5) is 0 Å². The lowest BCUT2D eigenvalue weighted by atomic mass is 9.97. The molecule has 0 bridgehead atoms. The Labute approximate surface area is 194 Å². The van der Waals surface area contributed by atoms with E-state index in [9.17, 15) is 9.59 Å². The van der Waals surface area contributed by atoms with Crippen LogP contribution in [-0.4, -0.2) is 41.5 Å². The summed E-state index contributed by atoms with van der Waals surface area (Å²) in [6.07, 6.45) is 4.14. The van der Waals surface area contributed by atoms with Gasteiger partial charge in [-0.15, -0.1) is 11.3 Å². The van der Waals surface area contributed by atoms with E-state index in [1.54, 1.807) is 29.1 Å². The summed E-state index contributed by atoms with van der Waals surface area (Å²) in [6.45, 7) is 2.82. The molecule has 1 N–H and O–H groups in total. The molecule has 9 heteroatoms. The monoisotopic (exact) mass is 477 g/mol. The zero-order chi connectivity index (χ0) is 22.0. The molecule has 4 rings (SSSR count). The van der Waals surface area contributed by atoms with Crippen molar-refractivity contribution in [2.45, 2.75) is 37.8 Å². The molecule has 0 atom stereocenters. The number of fused-ring (bicyclic) bond motifs is 3. The topological polar surface area (TPSA) is 73.2 Å². The quantitative estimate of drug-likeness (QED) is 0.314. The van der Waals surface area contributed by atoms with Gasteiger partial charge in [0.1, 0.15) is 4.83 Å². The van der Waals surface area contributed by atoms with Crippen LogP contribution in [-0.2, 0) is 22.4 Å². The molecule has 1 amide bonds. The second kappa shape index (κ2) is 9.73. The number of amides is 1. The van der Waals surface area contributed by atoms with Crippen molar-refractivity contribution in [3.8, 4) is 5.69 Å². The van der Waals surface area contributed by atoms with Crippen LogP contribution in [0.1, 0.15) is 28.8 Å². The molecule has 0 radical (unpaired) electrons. The number of methoxy groups -OCH3 is 1. The van der Waals surface area contributed by atoms with Gasteiger partial charge in [-0.1, -0.05) is 29.4 Å². The smallest absolute Gasteiger partial charge is 0.267 e. The minimum Gasteiger partial charge on any atom is -0.383 e. The van der Waals surface area contributed by atoms with E-state index in [0.717, 1.165) is 41.6 Å². The van der Waals surface area contributed by atoms with E-state index in [0.29, 0.717) is 34.4 Å². The van der Waals surface area contributed by atoms with Crippen LogP contribution in [0.2, 0.25) is 5.02 Å². The molecule has 6 nitrogen and oxygen atoms in total. The van der Waals surface area contributed by atoms with Crippen LogP contribution in [0.15, 0.2) is 28.2 Å². The highest BCUT2D eigenvalue weighted by Gasteiger charge is 2.23. The predicted molar refractivity (Wildman–Crippen MR) is 127 cm³/mol. The van der Waals surface area contributed by atoms with E-state index >= 15 is 0 Å². The maximum Gasteiger partial charge on any atom is 0.267 e. The molecule has 0 saturated heterocycles. The number of carbonyl (C=O) groups excluding carboxylic acids is 1. The lowest BCUT2D eigenvalue weighted by Gasteiger charge is -2.14. The van der Waals surface area contributed by atoms with Gasteiger partial charge in [0.05, 0.1) is 23.4 Å². The van der Waals surface area contributed by atoms with Crippen LogP contribution in [0, 0.1) is 6.92 Å². The summed E-state index contributed by atoms with van der Waals surface area (Å²) in [5.41, 5.74) is 2.65. The van der Waals surface area contributed by atoms with E-state index in [1.165, 1.54) is 16.6 Å². The molecule has 2 aromatic heterocycles. The maximum absolute atomic E-state index is 13.7. The lowest BCUT2D eigenvalue weighted by Crippen LogP contribution is -2.29. The third kappa shape index (κ3) is 4.67. The average molecular weight is 478 g/mol. The summed E-state index contributed by atoms with van der Waals surface area (Å²) < 4.78 is 6.57. The van der Waals surface area contributed by atoms with Gasteiger partial charge in [0.15, 0.2) is 5.16 Å². The second-order valence-electron chi connectivity index (χ2n) is 7.49. The fraction of sp³-hybridized carbons (Fsp3) is 0.409. The number of nitrogens with one attached hydrogen (secondary N) is 1. The van der Waals surface area contributed by atoms with E-state index in [1.807, 2.05) is 19.1 Å². The molecule has 0 saturated carbocycles. The fourth-order valence-electron chi connectivity index (χ4n) is 3.71. The van der Waals surface area contributed by atoms with Gasteiger partial charge in [-0.25, -0.2) is 4.98 Å². The SMILES string of the molecule is COCCNC(=O)CSc1nc2sc3c(c2c(=O)n1-c1ccc(C)c(Cl)c1)CCCC3. The predicted octanol–water partition coefficient (Wildman–Crippen LogP) is 4.14. The normalized spacial score (nSPS) is 13.4. The minimum absolute atomic E-state index is 0.0911. The maximum atomic E-state index is 13.7. The molecule has 164 valence electrons. The summed E-state index contributed by atoms with van der Waals surface area (Å²) in [7, 11) is 1.59. The fourth-order valence-corrected chi connectivity index (χ4v) is 6.03. The van der Waals surface area contributed by atoms with E-state index in [-0.39, 0.29) is 17.2 Å². The third-order valence-corrected chi connectivity index (χ3v) is 7.86. The van der Waals surface area contributed by atoms with Gasteiger partial charge in [-0.3, -0.25) is 14.2 Å². The van der Waals surface area contributed by atoms with Gasteiger partial charge in [0.25, 0.3) is 5.56 Å². The summed E-state index contributed by atoms with van der Waals surface area (Å²) in [5, 5.41) is 4.60. The Morgan fingerprint density at radius 3 is 2.94 bits per heavy atom. The number of ether oxygens (including phenoxy) is 1. The van der Waals surface area contributed by atoms with Gasteiger partial charge in [-0.05, 0) is 55.9 Å². The first-order chi connectivity index (χ1) is 15.0. The van der Waals surface area contributed by atoms with E-state index < -0.39 is 0 Å². The Morgan fingerprint density at radius 1 is 1.35 bits per heavy atom. The lowest BCUT2D eigenvalue weighted by molar-refractivity contribution is -0.118. The Bertz CT molecular complexity index is 1190. The van der Waals surface area contributed by atoms with Crippen molar-refractivity contribution >= 4 is 50.8 Å². The molecule has 1 aliphatic carbocycles. The van der Waals surface area contributed by atoms with Crippen molar-refractivity contribution in [3.05, 3.63) is 49.6 Å². The molecule has 31 heavy (non-hydrogen) atoms. The zero-order valence-electron chi connectivity index (χ0n) is 17.5. The Kier molecular flexibility index (Phi) is 7.01. The van der Waals surface area contributed by atoms with Gasteiger partial charge in [-0.2, -0.15) is 0 Å². The Hall–Kier alpha value is -1.87. The number of nitrogens with zero attached hydrogens (tertiary/aromatic N) is 2. The minimum atomic E-state index is -0.129. The van der Waals surface area contributed by atoms with Crippen LogP contribution < -0.4 is 10.9 Å². The van der Waals surface area contributed by atoms with Crippen LogP contribution in [0.5, 0.6) is 0 Å². The number of benzene rings is 1. The van der Waals surface area contributed by atoms with Crippen LogP contribution >= 0.6 is 34.7 Å². The van der Waals surface area contributed by atoms with Gasteiger partial charge >= 0.3 is 0 Å². The number of aryl methyl sites for hydroxylation is 3.